The molecule has 0 amide bonds. The van der Waals surface area contributed by atoms with E-state index in [1.165, 1.54) is 23.3 Å². The Morgan fingerprint density at radius 2 is 1.77 bits per heavy atom. The average molecular weight is 436 g/mol. The third kappa shape index (κ3) is 3.48. The van der Waals surface area contributed by atoms with Gasteiger partial charge in [-0.3, -0.25) is 0 Å². The van der Waals surface area contributed by atoms with Gasteiger partial charge in [-0.15, -0.1) is 0 Å². The zero-order chi connectivity index (χ0) is 20.7. The fourth-order valence-corrected chi connectivity index (χ4v) is 4.74. The number of nitrogens with zero attached hydrogens (tertiary/aromatic N) is 2. The van der Waals surface area contributed by atoms with E-state index in [0.29, 0.717) is 10.1 Å². The van der Waals surface area contributed by atoms with E-state index in [9.17, 15) is 4.39 Å². The van der Waals surface area contributed by atoms with Gasteiger partial charge in [-0.05, 0) is 72.6 Å². The summed E-state index contributed by atoms with van der Waals surface area (Å²) in [6.07, 6.45) is 1.96. The van der Waals surface area contributed by atoms with Gasteiger partial charge in [0.1, 0.15) is 5.82 Å². The van der Waals surface area contributed by atoms with Crippen molar-refractivity contribution in [1.29, 1.82) is 0 Å². The van der Waals surface area contributed by atoms with Crippen molar-refractivity contribution in [2.75, 3.05) is 5.32 Å². The van der Waals surface area contributed by atoms with Gasteiger partial charge in [0.2, 0.25) is 0 Å². The van der Waals surface area contributed by atoms with Crippen LogP contribution in [-0.2, 0) is 6.42 Å². The molecule has 1 N–H and O–H groups in total. The van der Waals surface area contributed by atoms with Crippen molar-refractivity contribution < 1.29 is 4.39 Å². The molecule has 0 radical (unpaired) electrons. The van der Waals surface area contributed by atoms with Gasteiger partial charge in [0.05, 0.1) is 11.8 Å². The molecule has 6 heteroatoms. The maximum atomic E-state index is 13.6. The van der Waals surface area contributed by atoms with Crippen LogP contribution in [0.4, 0.5) is 10.1 Å². The smallest absolute Gasteiger partial charge is 0.194 e. The van der Waals surface area contributed by atoms with Crippen LogP contribution in [0.2, 0.25) is 5.02 Å². The fourth-order valence-electron chi connectivity index (χ4n) is 4.34. The summed E-state index contributed by atoms with van der Waals surface area (Å²) in [6.45, 7) is 0. The van der Waals surface area contributed by atoms with Crippen molar-refractivity contribution >= 4 is 40.3 Å². The number of nitrogens with one attached hydrogen (secondary N) is 1. The maximum Gasteiger partial charge on any atom is 0.194 e. The van der Waals surface area contributed by atoms with Crippen LogP contribution in [0.1, 0.15) is 29.2 Å². The molecule has 0 bridgehead atoms. The Morgan fingerprint density at radius 3 is 2.53 bits per heavy atom. The fraction of sp³-hybridized carbons (Fsp3) is 0.167. The predicted octanol–water partition coefficient (Wildman–Crippen LogP) is 6.20. The summed E-state index contributed by atoms with van der Waals surface area (Å²) in [7, 11) is 0. The van der Waals surface area contributed by atoms with Crippen molar-refractivity contribution in [2.24, 2.45) is 11.0 Å². The molecule has 0 saturated carbocycles. The van der Waals surface area contributed by atoms with Crippen molar-refractivity contribution in [1.82, 2.24) is 5.01 Å². The Hall–Kier alpha value is -2.76. The summed E-state index contributed by atoms with van der Waals surface area (Å²) in [4.78, 5) is 0. The zero-order valence-corrected chi connectivity index (χ0v) is 17.6. The molecule has 1 aliphatic heterocycles. The summed E-state index contributed by atoms with van der Waals surface area (Å²) in [5.41, 5.74) is 5.38. The lowest BCUT2D eigenvalue weighted by molar-refractivity contribution is 0.311. The second-order valence-electron chi connectivity index (χ2n) is 7.57. The number of fused-ring (bicyclic) bond motifs is 3. The van der Waals surface area contributed by atoms with Crippen molar-refractivity contribution in [2.45, 2.75) is 18.9 Å². The minimum atomic E-state index is -0.250. The highest BCUT2D eigenvalue weighted by Gasteiger charge is 2.42. The van der Waals surface area contributed by atoms with E-state index >= 15 is 0 Å². The molecule has 0 fully saturated rings. The first kappa shape index (κ1) is 19.2. The van der Waals surface area contributed by atoms with E-state index in [4.69, 9.17) is 28.9 Å². The highest BCUT2D eigenvalue weighted by atomic mass is 35.5. The summed E-state index contributed by atoms with van der Waals surface area (Å²) in [5.74, 6) is -0.0596. The molecule has 3 aromatic rings. The Morgan fingerprint density at radius 1 is 1.03 bits per heavy atom. The van der Waals surface area contributed by atoms with Crippen molar-refractivity contribution in [3.05, 3.63) is 100 Å². The Bertz CT molecular complexity index is 1130. The molecule has 30 heavy (non-hydrogen) atoms. The molecule has 3 aromatic carbocycles. The second kappa shape index (κ2) is 7.82. The Balaban J connectivity index is 1.53. The lowest BCUT2D eigenvalue weighted by atomic mass is 9.77. The molecular formula is C24H19ClFN3S. The van der Waals surface area contributed by atoms with Gasteiger partial charge < -0.3 is 5.32 Å². The van der Waals surface area contributed by atoms with Crippen LogP contribution < -0.4 is 5.32 Å². The minimum Gasteiger partial charge on any atom is -0.331 e. The van der Waals surface area contributed by atoms with Crippen LogP contribution >= 0.6 is 23.8 Å². The maximum absolute atomic E-state index is 13.6. The normalized spacial score (nSPS) is 19.7. The lowest BCUT2D eigenvalue weighted by Gasteiger charge is -2.30. The molecule has 5 rings (SSSR count). The Labute approximate surface area is 185 Å². The van der Waals surface area contributed by atoms with Gasteiger partial charge in [-0.2, -0.15) is 5.10 Å². The number of aryl methyl sites for hydroxylation is 1. The first-order valence-electron chi connectivity index (χ1n) is 9.88. The zero-order valence-electron chi connectivity index (χ0n) is 16.1. The number of hydrogen-bond donors (Lipinski definition) is 1. The van der Waals surface area contributed by atoms with E-state index in [2.05, 4.69) is 23.5 Å². The molecular weight excluding hydrogens is 417 g/mol. The standard InChI is InChI=1S/C24H19ClFN3S/c25-17-8-12-19(13-9-17)27-24(30)29-23(16-5-10-18(26)11-6-16)21-14-7-15-3-1-2-4-20(15)22(21)28-29/h1-6,8-13,21,23H,7,14H2,(H,27,30)/t21-,23-/m1/s1. The predicted molar refractivity (Wildman–Crippen MR) is 123 cm³/mol. The lowest BCUT2D eigenvalue weighted by Crippen LogP contribution is -2.34. The second-order valence-corrected chi connectivity index (χ2v) is 8.39. The van der Waals surface area contributed by atoms with Crippen LogP contribution in [0, 0.1) is 11.7 Å². The largest absolute Gasteiger partial charge is 0.331 e. The molecule has 0 aromatic heterocycles. The van der Waals surface area contributed by atoms with Crippen molar-refractivity contribution in [3.63, 3.8) is 0 Å². The number of benzene rings is 3. The molecule has 0 saturated heterocycles. The highest BCUT2D eigenvalue weighted by Crippen LogP contribution is 2.43. The number of halogens is 2. The molecule has 0 spiro atoms. The average Bonchev–Trinajstić information content (AvgIpc) is 3.16. The first-order valence-corrected chi connectivity index (χ1v) is 10.7. The highest BCUT2D eigenvalue weighted by molar-refractivity contribution is 7.80. The van der Waals surface area contributed by atoms with Gasteiger partial charge in [0.25, 0.3) is 0 Å². The van der Waals surface area contributed by atoms with Gasteiger partial charge >= 0.3 is 0 Å². The van der Waals surface area contributed by atoms with Gasteiger partial charge in [-0.25, -0.2) is 9.40 Å². The van der Waals surface area contributed by atoms with Crippen LogP contribution in [0.3, 0.4) is 0 Å². The van der Waals surface area contributed by atoms with Gasteiger partial charge in [0, 0.05) is 22.2 Å². The quantitative estimate of drug-likeness (QED) is 0.485. The van der Waals surface area contributed by atoms with Crippen LogP contribution in [-0.4, -0.2) is 15.8 Å². The molecule has 2 aliphatic rings. The number of hydrogen-bond acceptors (Lipinski definition) is 2. The number of hydrazone groups is 1. The molecule has 150 valence electrons. The summed E-state index contributed by atoms with van der Waals surface area (Å²) in [6, 6.07) is 22.4. The van der Waals surface area contributed by atoms with Crippen LogP contribution in [0.25, 0.3) is 0 Å². The van der Waals surface area contributed by atoms with Crippen LogP contribution in [0.5, 0.6) is 0 Å². The molecule has 3 nitrogen and oxygen atoms in total. The molecule has 0 unspecified atom stereocenters. The number of thiocarbonyl (C=S) groups is 1. The topological polar surface area (TPSA) is 27.6 Å². The third-order valence-corrected chi connectivity index (χ3v) is 6.29. The summed E-state index contributed by atoms with van der Waals surface area (Å²) >= 11 is 11.8. The van der Waals surface area contributed by atoms with Crippen LogP contribution in [0.15, 0.2) is 77.9 Å². The SMILES string of the molecule is Fc1ccc([C@@H]2[C@@H]3CCc4ccccc4C3=NN2C(=S)Nc2ccc(Cl)cc2)cc1. The summed E-state index contributed by atoms with van der Waals surface area (Å²) in [5, 5.41) is 11.3. The van der Waals surface area contributed by atoms with Crippen molar-refractivity contribution in [3.8, 4) is 0 Å². The summed E-state index contributed by atoms with van der Waals surface area (Å²) < 4.78 is 13.6. The molecule has 1 heterocycles. The monoisotopic (exact) mass is 435 g/mol. The first-order chi connectivity index (χ1) is 14.6. The molecule has 2 atom stereocenters. The third-order valence-electron chi connectivity index (χ3n) is 5.74. The van der Waals surface area contributed by atoms with Gasteiger partial charge in [0.15, 0.2) is 5.11 Å². The molecule has 1 aliphatic carbocycles. The van der Waals surface area contributed by atoms with Gasteiger partial charge in [-0.1, -0.05) is 48.0 Å². The number of rotatable bonds is 2. The van der Waals surface area contributed by atoms with E-state index in [0.717, 1.165) is 29.8 Å². The Kier molecular flexibility index (Phi) is 5.01. The van der Waals surface area contributed by atoms with E-state index < -0.39 is 0 Å². The number of anilines is 1. The minimum absolute atomic E-state index is 0.0822. The van der Waals surface area contributed by atoms with E-state index in [1.54, 1.807) is 0 Å². The van der Waals surface area contributed by atoms with E-state index in [-0.39, 0.29) is 17.8 Å². The van der Waals surface area contributed by atoms with E-state index in [1.807, 2.05) is 47.5 Å².